The van der Waals surface area contributed by atoms with E-state index in [1.54, 1.807) is 36.7 Å². The summed E-state index contributed by atoms with van der Waals surface area (Å²) in [6.07, 6.45) is 9.50. The van der Waals surface area contributed by atoms with Crippen LogP contribution in [0.25, 0.3) is 23.5 Å². The standard InChI is InChI=1S/C30H24N2O4/c33-29(13-11-23-7-3-1-4-8-23)35-21-25-15-17-31-27(19-25)28-20-26(16-18-32-28)22-36-30(34)14-12-24-9-5-2-6-10-24/h1-20H,21-22H2/b13-11+,14-12+. The molecule has 0 N–H and O–H groups in total. The molecule has 0 spiro atoms. The molecule has 4 aromatic rings. The second-order valence-corrected chi connectivity index (χ2v) is 7.80. The van der Waals surface area contributed by atoms with E-state index < -0.39 is 11.9 Å². The lowest BCUT2D eigenvalue weighted by Gasteiger charge is -2.07. The second kappa shape index (κ2) is 12.6. The Labute approximate surface area is 209 Å². The Hall–Kier alpha value is -4.84. The van der Waals surface area contributed by atoms with E-state index in [9.17, 15) is 9.59 Å². The molecule has 2 heterocycles. The molecule has 0 saturated heterocycles. The number of benzene rings is 2. The summed E-state index contributed by atoms with van der Waals surface area (Å²) in [5, 5.41) is 0. The van der Waals surface area contributed by atoms with E-state index in [0.717, 1.165) is 22.3 Å². The second-order valence-electron chi connectivity index (χ2n) is 7.80. The zero-order valence-corrected chi connectivity index (χ0v) is 19.5. The fraction of sp³-hybridized carbons (Fsp3) is 0.0667. The van der Waals surface area contributed by atoms with Gasteiger partial charge in [-0.25, -0.2) is 9.59 Å². The molecule has 4 rings (SSSR count). The predicted octanol–water partition coefficient (Wildman–Crippen LogP) is 5.66. The van der Waals surface area contributed by atoms with Gasteiger partial charge in [0, 0.05) is 24.5 Å². The quantitative estimate of drug-likeness (QED) is 0.229. The molecule has 6 nitrogen and oxygen atoms in total. The highest BCUT2D eigenvalue weighted by Gasteiger charge is 2.07. The van der Waals surface area contributed by atoms with E-state index in [0.29, 0.717) is 11.4 Å². The molecule has 0 aliphatic rings. The van der Waals surface area contributed by atoms with E-state index in [2.05, 4.69) is 9.97 Å². The maximum absolute atomic E-state index is 12.1. The molecular weight excluding hydrogens is 452 g/mol. The summed E-state index contributed by atoms with van der Waals surface area (Å²) in [7, 11) is 0. The van der Waals surface area contributed by atoms with Crippen LogP contribution < -0.4 is 0 Å². The van der Waals surface area contributed by atoms with Crippen molar-refractivity contribution in [1.29, 1.82) is 0 Å². The Balaban J connectivity index is 1.32. The van der Waals surface area contributed by atoms with E-state index in [1.807, 2.05) is 72.8 Å². The zero-order chi connectivity index (χ0) is 25.0. The van der Waals surface area contributed by atoms with E-state index in [-0.39, 0.29) is 13.2 Å². The van der Waals surface area contributed by atoms with Gasteiger partial charge in [-0.15, -0.1) is 0 Å². The van der Waals surface area contributed by atoms with Crippen LogP contribution >= 0.6 is 0 Å². The van der Waals surface area contributed by atoms with Crippen molar-refractivity contribution in [2.75, 3.05) is 0 Å². The number of hydrogen-bond donors (Lipinski definition) is 0. The number of carbonyl (C=O) groups excluding carboxylic acids is 2. The Bertz CT molecular complexity index is 1260. The SMILES string of the molecule is O=C(/C=C/c1ccccc1)OCc1ccnc(-c2cc(COC(=O)/C=C/c3ccccc3)ccn2)c1. The van der Waals surface area contributed by atoms with Crippen molar-refractivity contribution >= 4 is 24.1 Å². The minimum absolute atomic E-state index is 0.110. The number of carbonyl (C=O) groups is 2. The van der Waals surface area contributed by atoms with Gasteiger partial charge in [0.15, 0.2) is 0 Å². The van der Waals surface area contributed by atoms with Crippen molar-refractivity contribution in [2.45, 2.75) is 13.2 Å². The van der Waals surface area contributed by atoms with E-state index in [1.165, 1.54) is 12.2 Å². The van der Waals surface area contributed by atoms with Gasteiger partial charge in [-0.2, -0.15) is 0 Å². The molecule has 0 aliphatic carbocycles. The number of ether oxygens (including phenoxy) is 2. The zero-order valence-electron chi connectivity index (χ0n) is 19.5. The Morgan fingerprint density at radius 1 is 0.611 bits per heavy atom. The third-order valence-electron chi connectivity index (χ3n) is 5.10. The molecule has 2 aromatic carbocycles. The van der Waals surface area contributed by atoms with Gasteiger partial charge in [0.1, 0.15) is 13.2 Å². The minimum Gasteiger partial charge on any atom is -0.458 e. The highest BCUT2D eigenvalue weighted by molar-refractivity contribution is 5.87. The van der Waals surface area contributed by atoms with Gasteiger partial charge < -0.3 is 9.47 Å². The number of hydrogen-bond acceptors (Lipinski definition) is 6. The molecule has 6 heteroatoms. The fourth-order valence-electron chi connectivity index (χ4n) is 3.27. The molecule has 0 atom stereocenters. The number of esters is 2. The fourth-order valence-corrected chi connectivity index (χ4v) is 3.27. The lowest BCUT2D eigenvalue weighted by Crippen LogP contribution is -2.02. The number of rotatable bonds is 9. The topological polar surface area (TPSA) is 78.4 Å². The Morgan fingerprint density at radius 3 is 1.44 bits per heavy atom. The van der Waals surface area contributed by atoms with Crippen molar-refractivity contribution in [3.63, 3.8) is 0 Å². The number of aromatic nitrogens is 2. The average Bonchev–Trinajstić information content (AvgIpc) is 2.94. The number of nitrogens with zero attached hydrogens (tertiary/aromatic N) is 2. The molecule has 0 unspecified atom stereocenters. The molecule has 0 aliphatic heterocycles. The van der Waals surface area contributed by atoms with E-state index in [4.69, 9.17) is 9.47 Å². The van der Waals surface area contributed by atoms with Crippen LogP contribution in [0.4, 0.5) is 0 Å². The van der Waals surface area contributed by atoms with E-state index >= 15 is 0 Å². The summed E-state index contributed by atoms with van der Waals surface area (Å²) < 4.78 is 10.7. The van der Waals surface area contributed by atoms with Crippen LogP contribution in [0.2, 0.25) is 0 Å². The van der Waals surface area contributed by atoms with Gasteiger partial charge in [-0.1, -0.05) is 60.7 Å². The summed E-state index contributed by atoms with van der Waals surface area (Å²) in [4.78, 5) is 32.9. The average molecular weight is 477 g/mol. The van der Waals surface area contributed by atoms with Crippen LogP contribution in [-0.4, -0.2) is 21.9 Å². The van der Waals surface area contributed by atoms with Gasteiger partial charge in [0.2, 0.25) is 0 Å². The van der Waals surface area contributed by atoms with Crippen molar-refractivity contribution < 1.29 is 19.1 Å². The van der Waals surface area contributed by atoms with Crippen molar-refractivity contribution in [3.05, 3.63) is 132 Å². The summed E-state index contributed by atoms with van der Waals surface area (Å²) in [6, 6.07) is 26.2. The molecule has 0 saturated carbocycles. The van der Waals surface area contributed by atoms with Crippen molar-refractivity contribution in [1.82, 2.24) is 9.97 Å². The highest BCUT2D eigenvalue weighted by Crippen LogP contribution is 2.18. The third-order valence-corrected chi connectivity index (χ3v) is 5.10. The molecule has 178 valence electrons. The Morgan fingerprint density at radius 2 is 1.03 bits per heavy atom. The lowest BCUT2D eigenvalue weighted by molar-refractivity contribution is -0.139. The molecule has 0 fully saturated rings. The molecule has 0 amide bonds. The van der Waals surface area contributed by atoms with Gasteiger partial charge >= 0.3 is 11.9 Å². The highest BCUT2D eigenvalue weighted by atomic mass is 16.5. The monoisotopic (exact) mass is 476 g/mol. The maximum atomic E-state index is 12.1. The van der Waals surface area contributed by atoms with Crippen LogP contribution in [0.15, 0.2) is 109 Å². The summed E-state index contributed by atoms with van der Waals surface area (Å²) >= 11 is 0. The van der Waals surface area contributed by atoms with Gasteiger partial charge in [0.25, 0.3) is 0 Å². The van der Waals surface area contributed by atoms with Crippen LogP contribution in [0.3, 0.4) is 0 Å². The first-order chi connectivity index (χ1) is 17.7. The maximum Gasteiger partial charge on any atom is 0.331 e. The molecular formula is C30H24N2O4. The summed E-state index contributed by atoms with van der Waals surface area (Å²) in [6.45, 7) is 0.219. The van der Waals surface area contributed by atoms with Gasteiger partial charge in [-0.05, 0) is 58.7 Å². The Kier molecular flexibility index (Phi) is 8.48. The molecule has 0 radical (unpaired) electrons. The van der Waals surface area contributed by atoms with Crippen LogP contribution in [-0.2, 0) is 32.3 Å². The van der Waals surface area contributed by atoms with Crippen LogP contribution in [0, 0.1) is 0 Å². The first-order valence-electron chi connectivity index (χ1n) is 11.4. The molecule has 0 bridgehead atoms. The summed E-state index contributed by atoms with van der Waals surface area (Å²) in [5.41, 5.74) is 4.66. The van der Waals surface area contributed by atoms with Crippen LogP contribution in [0.1, 0.15) is 22.3 Å². The normalized spacial score (nSPS) is 11.0. The van der Waals surface area contributed by atoms with Crippen molar-refractivity contribution in [3.8, 4) is 11.4 Å². The lowest BCUT2D eigenvalue weighted by atomic mass is 10.1. The van der Waals surface area contributed by atoms with Gasteiger partial charge in [-0.3, -0.25) is 9.97 Å². The molecule has 2 aromatic heterocycles. The smallest absolute Gasteiger partial charge is 0.331 e. The molecule has 36 heavy (non-hydrogen) atoms. The van der Waals surface area contributed by atoms with Crippen LogP contribution in [0.5, 0.6) is 0 Å². The minimum atomic E-state index is -0.430. The summed E-state index contributed by atoms with van der Waals surface area (Å²) in [5.74, 6) is -0.860. The predicted molar refractivity (Wildman–Crippen MR) is 138 cm³/mol. The van der Waals surface area contributed by atoms with Gasteiger partial charge in [0.05, 0.1) is 11.4 Å². The third kappa shape index (κ3) is 7.60. The van der Waals surface area contributed by atoms with Crippen molar-refractivity contribution in [2.24, 2.45) is 0 Å². The largest absolute Gasteiger partial charge is 0.458 e. The first-order valence-corrected chi connectivity index (χ1v) is 11.4. The number of pyridine rings is 2. The first kappa shape index (κ1) is 24.3.